The van der Waals surface area contributed by atoms with Gasteiger partial charge < -0.3 is 4.74 Å². The van der Waals surface area contributed by atoms with Crippen molar-refractivity contribution in [3.63, 3.8) is 0 Å². The fraction of sp³-hybridized carbons (Fsp3) is 0.688. The Morgan fingerprint density at radius 3 is 2.87 bits per heavy atom. The van der Waals surface area contributed by atoms with E-state index < -0.39 is 0 Å². The summed E-state index contributed by atoms with van der Waals surface area (Å²) in [5.41, 5.74) is 1.27. The summed E-state index contributed by atoms with van der Waals surface area (Å²) in [6.07, 6.45) is 7.11. The first-order valence-electron chi connectivity index (χ1n) is 8.49. The van der Waals surface area contributed by atoms with E-state index >= 15 is 0 Å². The van der Waals surface area contributed by atoms with E-state index in [4.69, 9.17) is 14.8 Å². The van der Waals surface area contributed by atoms with Gasteiger partial charge in [-0.15, -0.1) is 0 Å². The molecule has 1 fully saturated rings. The zero-order chi connectivity index (χ0) is 15.6. The predicted octanol–water partition coefficient (Wildman–Crippen LogP) is 0.964. The van der Waals surface area contributed by atoms with E-state index in [1.165, 1.54) is 5.56 Å². The molecule has 0 aromatic carbocycles. The van der Waals surface area contributed by atoms with E-state index in [2.05, 4.69) is 20.9 Å². The van der Waals surface area contributed by atoms with Crippen LogP contribution in [0, 0.1) is 0 Å². The molecule has 0 unspecified atom stereocenters. The zero-order valence-corrected chi connectivity index (χ0v) is 13.7. The molecule has 0 saturated carbocycles. The van der Waals surface area contributed by atoms with Crippen LogP contribution in [0.5, 0.6) is 0 Å². The maximum Gasteiger partial charge on any atom is 0.154 e. The number of aromatic nitrogens is 5. The van der Waals surface area contributed by atoms with Gasteiger partial charge in [-0.25, -0.2) is 9.67 Å². The Balaban J connectivity index is 1.40. The third kappa shape index (κ3) is 3.30. The first-order chi connectivity index (χ1) is 11.3. The van der Waals surface area contributed by atoms with Crippen molar-refractivity contribution in [3.05, 3.63) is 29.6 Å². The van der Waals surface area contributed by atoms with Crippen LogP contribution in [0.2, 0.25) is 0 Å². The lowest BCUT2D eigenvalue weighted by molar-refractivity contribution is 0.0835. The van der Waals surface area contributed by atoms with Gasteiger partial charge >= 0.3 is 0 Å². The Morgan fingerprint density at radius 1 is 1.22 bits per heavy atom. The van der Waals surface area contributed by atoms with Gasteiger partial charge in [0.1, 0.15) is 5.82 Å². The van der Waals surface area contributed by atoms with Crippen molar-refractivity contribution < 1.29 is 4.74 Å². The molecule has 2 aromatic heterocycles. The number of ether oxygens (including phenoxy) is 1. The molecule has 0 spiro atoms. The second-order valence-electron chi connectivity index (χ2n) is 6.54. The van der Waals surface area contributed by atoms with E-state index in [1.54, 1.807) is 0 Å². The quantitative estimate of drug-likeness (QED) is 0.844. The second-order valence-corrected chi connectivity index (χ2v) is 6.54. The molecule has 1 saturated heterocycles. The van der Waals surface area contributed by atoms with Crippen molar-refractivity contribution in [2.75, 3.05) is 26.3 Å². The van der Waals surface area contributed by atoms with Crippen molar-refractivity contribution in [3.8, 4) is 0 Å². The standard InChI is InChI=1S/C16H24N6O/c1-20-11-13(10-17-20)12-21-5-2-15-18-16(19-22(15)7-6-21)14-3-8-23-9-4-14/h10-11,14H,2-9,12H2,1H3. The normalized spacial score (nSPS) is 20.4. The van der Waals surface area contributed by atoms with Gasteiger partial charge in [0.15, 0.2) is 5.82 Å². The minimum absolute atomic E-state index is 0.481. The second kappa shape index (κ2) is 6.41. The molecule has 0 radical (unpaired) electrons. The third-order valence-electron chi connectivity index (χ3n) is 4.80. The highest BCUT2D eigenvalue weighted by atomic mass is 16.5. The molecule has 124 valence electrons. The molecule has 4 heterocycles. The van der Waals surface area contributed by atoms with Gasteiger partial charge in [-0.2, -0.15) is 10.2 Å². The lowest BCUT2D eigenvalue weighted by atomic mass is 10.00. The number of fused-ring (bicyclic) bond motifs is 1. The molecule has 2 aromatic rings. The largest absolute Gasteiger partial charge is 0.381 e. The van der Waals surface area contributed by atoms with Gasteiger partial charge in [-0.1, -0.05) is 0 Å². The van der Waals surface area contributed by atoms with E-state index in [0.29, 0.717) is 5.92 Å². The fourth-order valence-corrected chi connectivity index (χ4v) is 3.46. The summed E-state index contributed by atoms with van der Waals surface area (Å²) in [5, 5.41) is 9.04. The van der Waals surface area contributed by atoms with E-state index in [0.717, 1.165) is 70.3 Å². The van der Waals surface area contributed by atoms with Gasteiger partial charge in [0.2, 0.25) is 0 Å². The highest BCUT2D eigenvalue weighted by molar-refractivity contribution is 5.05. The minimum atomic E-state index is 0.481. The number of hydrogen-bond donors (Lipinski definition) is 0. The Kier molecular flexibility index (Phi) is 4.13. The van der Waals surface area contributed by atoms with E-state index in [1.807, 2.05) is 17.9 Å². The summed E-state index contributed by atoms with van der Waals surface area (Å²) in [5.74, 6) is 2.65. The molecule has 23 heavy (non-hydrogen) atoms. The van der Waals surface area contributed by atoms with E-state index in [-0.39, 0.29) is 0 Å². The van der Waals surface area contributed by atoms with Crippen LogP contribution < -0.4 is 0 Å². The molecular weight excluding hydrogens is 292 g/mol. The van der Waals surface area contributed by atoms with Crippen LogP contribution in [0.4, 0.5) is 0 Å². The average molecular weight is 316 g/mol. The van der Waals surface area contributed by atoms with Crippen molar-refractivity contribution in [2.24, 2.45) is 7.05 Å². The topological polar surface area (TPSA) is 61.0 Å². The lowest BCUT2D eigenvalue weighted by Crippen LogP contribution is -2.26. The summed E-state index contributed by atoms with van der Waals surface area (Å²) in [6.45, 7) is 5.59. The summed E-state index contributed by atoms with van der Waals surface area (Å²) in [6, 6.07) is 0. The van der Waals surface area contributed by atoms with Crippen LogP contribution in [-0.4, -0.2) is 55.7 Å². The van der Waals surface area contributed by atoms with Crippen LogP contribution >= 0.6 is 0 Å². The lowest BCUT2D eigenvalue weighted by Gasteiger charge is -2.20. The van der Waals surface area contributed by atoms with E-state index in [9.17, 15) is 0 Å². The molecule has 0 atom stereocenters. The van der Waals surface area contributed by atoms with Crippen LogP contribution in [-0.2, 0) is 31.3 Å². The Morgan fingerprint density at radius 2 is 2.09 bits per heavy atom. The summed E-state index contributed by atoms with van der Waals surface area (Å²) in [4.78, 5) is 7.29. The molecule has 0 amide bonds. The van der Waals surface area contributed by atoms with Crippen LogP contribution in [0.1, 0.15) is 36.0 Å². The fourth-order valence-electron chi connectivity index (χ4n) is 3.46. The highest BCUT2D eigenvalue weighted by Gasteiger charge is 2.23. The number of nitrogens with zero attached hydrogens (tertiary/aromatic N) is 6. The van der Waals surface area contributed by atoms with Gasteiger partial charge in [0.05, 0.1) is 12.7 Å². The van der Waals surface area contributed by atoms with Crippen LogP contribution in [0.15, 0.2) is 12.4 Å². The molecule has 0 N–H and O–H groups in total. The molecule has 0 bridgehead atoms. The van der Waals surface area contributed by atoms with Crippen molar-refractivity contribution >= 4 is 0 Å². The third-order valence-corrected chi connectivity index (χ3v) is 4.80. The average Bonchev–Trinajstić information content (AvgIpc) is 3.12. The van der Waals surface area contributed by atoms with Gasteiger partial charge in [0, 0.05) is 64.0 Å². The smallest absolute Gasteiger partial charge is 0.154 e. The minimum Gasteiger partial charge on any atom is -0.381 e. The highest BCUT2D eigenvalue weighted by Crippen LogP contribution is 2.25. The Hall–Kier alpha value is -1.73. The van der Waals surface area contributed by atoms with Crippen LogP contribution in [0.25, 0.3) is 0 Å². The zero-order valence-electron chi connectivity index (χ0n) is 13.7. The van der Waals surface area contributed by atoms with Gasteiger partial charge in [-0.05, 0) is 12.8 Å². The summed E-state index contributed by atoms with van der Waals surface area (Å²) < 4.78 is 9.42. The molecular formula is C16H24N6O. The summed E-state index contributed by atoms with van der Waals surface area (Å²) >= 11 is 0. The molecule has 0 aliphatic carbocycles. The van der Waals surface area contributed by atoms with Crippen molar-refractivity contribution in [1.82, 2.24) is 29.4 Å². The maximum atomic E-state index is 5.44. The number of rotatable bonds is 3. The number of aryl methyl sites for hydroxylation is 1. The first-order valence-corrected chi connectivity index (χ1v) is 8.49. The number of hydrogen-bond acceptors (Lipinski definition) is 5. The maximum absolute atomic E-state index is 5.44. The monoisotopic (exact) mass is 316 g/mol. The predicted molar refractivity (Wildman–Crippen MR) is 85.0 cm³/mol. The molecule has 2 aliphatic rings. The Labute approximate surface area is 136 Å². The Bertz CT molecular complexity index is 632. The van der Waals surface area contributed by atoms with Crippen molar-refractivity contribution in [2.45, 2.75) is 38.3 Å². The molecule has 7 nitrogen and oxygen atoms in total. The van der Waals surface area contributed by atoms with Crippen molar-refractivity contribution in [1.29, 1.82) is 0 Å². The van der Waals surface area contributed by atoms with Gasteiger partial charge in [-0.3, -0.25) is 9.58 Å². The first kappa shape index (κ1) is 14.8. The molecule has 2 aliphatic heterocycles. The SMILES string of the molecule is Cn1cc(CN2CCc3nc(C4CCOCC4)nn3CC2)cn1. The van der Waals surface area contributed by atoms with Crippen LogP contribution in [0.3, 0.4) is 0 Å². The summed E-state index contributed by atoms with van der Waals surface area (Å²) in [7, 11) is 1.96. The van der Waals surface area contributed by atoms with Gasteiger partial charge in [0.25, 0.3) is 0 Å². The molecule has 7 heteroatoms. The molecule has 4 rings (SSSR count).